The second kappa shape index (κ2) is 4.25. The Morgan fingerprint density at radius 1 is 1.62 bits per heavy atom. The molecule has 0 radical (unpaired) electrons. The van der Waals surface area contributed by atoms with E-state index >= 15 is 0 Å². The number of carbonyl (C=O) groups is 1. The molecule has 13 heavy (non-hydrogen) atoms. The number of hydrogen-bond donors (Lipinski definition) is 2. The van der Waals surface area contributed by atoms with Crippen LogP contribution in [0.1, 0.15) is 5.56 Å². The summed E-state index contributed by atoms with van der Waals surface area (Å²) >= 11 is 5.87. The Balaban J connectivity index is 2.89. The van der Waals surface area contributed by atoms with Gasteiger partial charge in [-0.2, -0.15) is 0 Å². The summed E-state index contributed by atoms with van der Waals surface area (Å²) in [4.78, 5) is 11.0. The Hall–Kier alpha value is -1.06. The van der Waals surface area contributed by atoms with Gasteiger partial charge in [-0.25, -0.2) is 0 Å². The third-order valence-corrected chi connectivity index (χ3v) is 2.18. The average Bonchev–Trinajstić information content (AvgIpc) is 2.13. The van der Waals surface area contributed by atoms with E-state index in [2.05, 4.69) is 11.1 Å². The maximum atomic E-state index is 11.0. The predicted octanol–water partition coefficient (Wildman–Crippen LogP) is 0.829. The van der Waals surface area contributed by atoms with Gasteiger partial charge in [0.1, 0.15) is 0 Å². The minimum absolute atomic E-state index is 0.106. The van der Waals surface area contributed by atoms with Gasteiger partial charge in [0.25, 0.3) is 5.91 Å². The first-order chi connectivity index (χ1) is 6.15. The molecule has 0 atom stereocenters. The van der Waals surface area contributed by atoms with Gasteiger partial charge in [0.05, 0.1) is 0 Å². The van der Waals surface area contributed by atoms with Gasteiger partial charge in [-0.3, -0.25) is 4.79 Å². The first-order valence-electron chi connectivity index (χ1n) is 3.99. The first kappa shape index (κ1) is 10.0. The van der Waals surface area contributed by atoms with Crippen LogP contribution in [0.25, 0.3) is 0 Å². The molecular weight excluding hydrogens is 188 g/mol. The van der Waals surface area contributed by atoms with Crippen molar-refractivity contribution in [3.05, 3.63) is 28.8 Å². The highest BCUT2D eigenvalue weighted by Gasteiger charge is 2.05. The fourth-order valence-electron chi connectivity index (χ4n) is 0.956. The topological polar surface area (TPSA) is 56.7 Å². The number of rotatable bonds is 2. The summed E-state index contributed by atoms with van der Waals surface area (Å²) < 4.78 is 0. The molecule has 3 nitrogen and oxygen atoms in total. The van der Waals surface area contributed by atoms with E-state index in [4.69, 9.17) is 11.6 Å². The van der Waals surface area contributed by atoms with Gasteiger partial charge >= 0.3 is 0 Å². The summed E-state index contributed by atoms with van der Waals surface area (Å²) in [5.74, 6) is -0.106. The molecule has 4 N–H and O–H groups in total. The predicted molar refractivity (Wildman–Crippen MR) is 52.6 cm³/mol. The van der Waals surface area contributed by atoms with Crippen molar-refractivity contribution in [1.82, 2.24) is 0 Å². The number of carbonyl (C=O) groups excluding carboxylic acids is 1. The summed E-state index contributed by atoms with van der Waals surface area (Å²) in [6.45, 7) is 2.09. The number of benzene rings is 1. The fraction of sp³-hybridized carbons (Fsp3) is 0.222. The third kappa shape index (κ3) is 2.44. The van der Waals surface area contributed by atoms with E-state index in [0.717, 1.165) is 11.3 Å². The Morgan fingerprint density at radius 2 is 2.31 bits per heavy atom. The lowest BCUT2D eigenvalue weighted by Crippen LogP contribution is -2.55. The van der Waals surface area contributed by atoms with Gasteiger partial charge in [0.2, 0.25) is 0 Å². The van der Waals surface area contributed by atoms with Crippen molar-refractivity contribution in [3.8, 4) is 0 Å². The highest BCUT2D eigenvalue weighted by Crippen LogP contribution is 2.22. The molecule has 0 aliphatic heterocycles. The molecule has 0 unspecified atom stereocenters. The molecule has 1 aromatic carbocycles. The zero-order valence-electron chi connectivity index (χ0n) is 7.43. The quantitative estimate of drug-likeness (QED) is 0.729. The van der Waals surface area contributed by atoms with Crippen LogP contribution < -0.4 is 11.1 Å². The van der Waals surface area contributed by atoms with Gasteiger partial charge in [-0.05, 0) is 24.6 Å². The first-order valence-corrected chi connectivity index (χ1v) is 4.37. The molecule has 0 aliphatic rings. The van der Waals surface area contributed by atoms with Gasteiger partial charge in [-0.1, -0.05) is 17.7 Å². The molecule has 4 heteroatoms. The smallest absolute Gasteiger partial charge is 0.279 e. The van der Waals surface area contributed by atoms with Crippen molar-refractivity contribution in [2.45, 2.75) is 6.92 Å². The minimum atomic E-state index is -0.106. The van der Waals surface area contributed by atoms with Crippen LogP contribution in [-0.2, 0) is 4.79 Å². The molecule has 0 fully saturated rings. The monoisotopic (exact) mass is 199 g/mol. The summed E-state index contributed by atoms with van der Waals surface area (Å²) in [5.41, 5.74) is 5.12. The molecule has 70 valence electrons. The Labute approximate surface area is 81.9 Å². The average molecular weight is 200 g/mol. The number of nitrogens with one attached hydrogen (secondary N) is 1. The van der Waals surface area contributed by atoms with E-state index in [0.29, 0.717) is 5.02 Å². The van der Waals surface area contributed by atoms with Gasteiger partial charge in [-0.15, -0.1) is 0 Å². The van der Waals surface area contributed by atoms with E-state index in [1.165, 1.54) is 0 Å². The molecule has 0 bridgehead atoms. The Morgan fingerprint density at radius 3 is 2.92 bits per heavy atom. The molecule has 0 heterocycles. The summed E-state index contributed by atoms with van der Waals surface area (Å²) in [5, 5.41) is 3.37. The van der Waals surface area contributed by atoms with Crippen LogP contribution in [-0.4, -0.2) is 12.5 Å². The van der Waals surface area contributed by atoms with Crippen molar-refractivity contribution in [3.63, 3.8) is 0 Å². The number of halogens is 1. The third-order valence-electron chi connectivity index (χ3n) is 1.77. The SMILES string of the molecule is Cc1c(Cl)cccc1NC(=O)C[NH3+]. The highest BCUT2D eigenvalue weighted by molar-refractivity contribution is 6.31. The lowest BCUT2D eigenvalue weighted by molar-refractivity contribution is -0.353. The van der Waals surface area contributed by atoms with Crippen LogP contribution >= 0.6 is 11.6 Å². The van der Waals surface area contributed by atoms with Crippen molar-refractivity contribution >= 4 is 23.2 Å². The number of quaternary nitrogens is 1. The van der Waals surface area contributed by atoms with Gasteiger partial charge < -0.3 is 11.1 Å². The second-order valence-electron chi connectivity index (χ2n) is 2.71. The second-order valence-corrected chi connectivity index (χ2v) is 3.12. The van der Waals surface area contributed by atoms with E-state index in [1.807, 2.05) is 13.0 Å². The minimum Gasteiger partial charge on any atom is -0.350 e. The standard InChI is InChI=1S/C9H11ClN2O/c1-6-7(10)3-2-4-8(6)12-9(13)5-11/h2-4H,5,11H2,1H3,(H,12,13)/p+1. The van der Waals surface area contributed by atoms with E-state index < -0.39 is 0 Å². The highest BCUT2D eigenvalue weighted by atomic mass is 35.5. The van der Waals surface area contributed by atoms with Crippen LogP contribution in [0.5, 0.6) is 0 Å². The van der Waals surface area contributed by atoms with Crippen molar-refractivity contribution < 1.29 is 10.5 Å². The summed E-state index contributed by atoms with van der Waals surface area (Å²) in [6, 6.07) is 5.40. The molecule has 0 aliphatic carbocycles. The lowest BCUT2D eigenvalue weighted by atomic mass is 10.2. The lowest BCUT2D eigenvalue weighted by Gasteiger charge is -2.06. The molecule has 0 saturated heterocycles. The number of hydrogen-bond acceptors (Lipinski definition) is 1. The molecule has 1 rings (SSSR count). The summed E-state index contributed by atoms with van der Waals surface area (Å²) in [7, 11) is 0. The van der Waals surface area contributed by atoms with E-state index in [-0.39, 0.29) is 12.5 Å². The van der Waals surface area contributed by atoms with Gasteiger partial charge in [0, 0.05) is 10.7 Å². The molecule has 0 spiro atoms. The zero-order valence-corrected chi connectivity index (χ0v) is 8.19. The largest absolute Gasteiger partial charge is 0.350 e. The Kier molecular flexibility index (Phi) is 3.28. The number of amides is 1. The van der Waals surface area contributed by atoms with Crippen LogP contribution in [0.3, 0.4) is 0 Å². The molecular formula is C9H12ClN2O+. The Bertz CT molecular complexity index is 325. The molecule has 0 saturated carbocycles. The van der Waals surface area contributed by atoms with E-state index in [9.17, 15) is 4.79 Å². The van der Waals surface area contributed by atoms with Crippen molar-refractivity contribution in [2.24, 2.45) is 0 Å². The molecule has 1 amide bonds. The molecule has 0 aromatic heterocycles. The van der Waals surface area contributed by atoms with Crippen LogP contribution in [0.4, 0.5) is 5.69 Å². The van der Waals surface area contributed by atoms with Crippen molar-refractivity contribution in [1.29, 1.82) is 0 Å². The summed E-state index contributed by atoms with van der Waals surface area (Å²) in [6.07, 6.45) is 0. The number of anilines is 1. The van der Waals surface area contributed by atoms with E-state index in [1.54, 1.807) is 12.1 Å². The van der Waals surface area contributed by atoms with Crippen LogP contribution in [0.15, 0.2) is 18.2 Å². The van der Waals surface area contributed by atoms with Gasteiger partial charge in [0.15, 0.2) is 6.54 Å². The zero-order chi connectivity index (χ0) is 9.84. The normalized spacial score (nSPS) is 9.77. The fourth-order valence-corrected chi connectivity index (χ4v) is 1.13. The molecule has 1 aromatic rings. The van der Waals surface area contributed by atoms with Crippen molar-refractivity contribution in [2.75, 3.05) is 11.9 Å². The van der Waals surface area contributed by atoms with Crippen LogP contribution in [0.2, 0.25) is 5.02 Å². The maximum Gasteiger partial charge on any atom is 0.279 e. The maximum absolute atomic E-state index is 11.0. The van der Waals surface area contributed by atoms with Crippen LogP contribution in [0, 0.1) is 6.92 Å².